The van der Waals surface area contributed by atoms with E-state index >= 15 is 0 Å². The van der Waals surface area contributed by atoms with E-state index < -0.39 is 52.0 Å². The number of aliphatic hydroxyl groups is 3. The smallest absolute Gasteiger partial charge is 0.255 e. The number of aliphatic hydroxyl groups excluding tert-OH is 2. The first kappa shape index (κ1) is 21.5. The summed E-state index contributed by atoms with van der Waals surface area (Å²) in [5.74, 6) is -6.02. The van der Waals surface area contributed by atoms with E-state index in [4.69, 9.17) is 5.73 Å². The summed E-state index contributed by atoms with van der Waals surface area (Å²) in [5.41, 5.74) is 3.15. The average Bonchev–Trinajstić information content (AvgIpc) is 2.76. The Hall–Kier alpha value is -3.33. The van der Waals surface area contributed by atoms with Crippen molar-refractivity contribution in [3.05, 3.63) is 40.2 Å². The highest BCUT2D eigenvalue weighted by Crippen LogP contribution is 2.52. The number of hydrogen-bond acceptors (Lipinski definition) is 8. The molecule has 9 heteroatoms. The maximum absolute atomic E-state index is 13.5. The maximum Gasteiger partial charge on any atom is 0.255 e. The molecule has 0 aromatic heterocycles. The Morgan fingerprint density at radius 1 is 1.06 bits per heavy atom. The molecule has 0 unspecified atom stereocenters. The number of Topliss-reactive ketones (excluding diaryl/α,β-unsaturated/α-hetero) is 2. The van der Waals surface area contributed by atoms with Gasteiger partial charge in [-0.25, -0.2) is 0 Å². The average molecular weight is 454 g/mol. The standard InChI is InChI=1S/C24H26N2O7/c25-23(32)18-15(27)10-13-9-12-8-11-4-5-14(26-6-2-1-3-7-26)19(28)16(11)20(29)17(12)21(30)24(13,33)22(18)31/h4-5,12-13,28-29,31,33H,1-3,6-10H2,(H2,25,32)/t12-,13-,24-/m0/s1. The van der Waals surface area contributed by atoms with Gasteiger partial charge >= 0.3 is 0 Å². The lowest BCUT2D eigenvalue weighted by Crippen LogP contribution is -2.58. The normalized spacial score (nSPS) is 29.5. The molecule has 9 nitrogen and oxygen atoms in total. The number of anilines is 1. The van der Waals surface area contributed by atoms with Crippen LogP contribution in [0.25, 0.3) is 5.76 Å². The fourth-order valence-electron chi connectivity index (χ4n) is 5.98. The molecular weight excluding hydrogens is 428 g/mol. The highest BCUT2D eigenvalue weighted by Gasteiger charge is 2.60. The minimum absolute atomic E-state index is 0.114. The summed E-state index contributed by atoms with van der Waals surface area (Å²) in [7, 11) is 0. The molecule has 0 radical (unpaired) electrons. The molecule has 0 spiro atoms. The summed E-state index contributed by atoms with van der Waals surface area (Å²) in [4.78, 5) is 39.6. The first-order valence-corrected chi connectivity index (χ1v) is 11.2. The van der Waals surface area contributed by atoms with Crippen molar-refractivity contribution in [1.29, 1.82) is 0 Å². The number of aromatic hydroxyl groups is 1. The SMILES string of the molecule is NC(=O)C1=C(O)[C@@]2(O)C(=O)C3=C(O)c4c(ccc(N5CCCCC5)c4O)C[C@H]3C[C@H]2CC1=O. The van der Waals surface area contributed by atoms with Crippen LogP contribution in [0.15, 0.2) is 29.0 Å². The molecule has 5 rings (SSSR count). The first-order valence-electron chi connectivity index (χ1n) is 11.2. The first-order chi connectivity index (χ1) is 15.7. The molecular formula is C24H26N2O7. The van der Waals surface area contributed by atoms with Gasteiger partial charge in [0.05, 0.1) is 11.3 Å². The number of amides is 1. The van der Waals surface area contributed by atoms with E-state index in [2.05, 4.69) is 0 Å². The van der Waals surface area contributed by atoms with Crippen LogP contribution < -0.4 is 10.6 Å². The number of phenolic OH excluding ortho intramolecular Hbond substituents is 1. The van der Waals surface area contributed by atoms with Crippen LogP contribution in [0.4, 0.5) is 5.69 Å². The molecule has 3 atom stereocenters. The van der Waals surface area contributed by atoms with E-state index in [1.807, 2.05) is 17.0 Å². The van der Waals surface area contributed by atoms with Gasteiger partial charge in [-0.2, -0.15) is 0 Å². The summed E-state index contributed by atoms with van der Waals surface area (Å²) in [6.07, 6.45) is 3.23. The van der Waals surface area contributed by atoms with Crippen LogP contribution in [-0.4, -0.2) is 56.6 Å². The highest BCUT2D eigenvalue weighted by molar-refractivity contribution is 6.22. The van der Waals surface area contributed by atoms with Gasteiger partial charge in [-0.3, -0.25) is 14.4 Å². The summed E-state index contributed by atoms with van der Waals surface area (Å²) in [6, 6.07) is 3.64. The zero-order valence-corrected chi connectivity index (χ0v) is 18.0. The largest absolute Gasteiger partial charge is 0.508 e. The molecule has 1 aromatic carbocycles. The number of carbonyl (C=O) groups excluding carboxylic acids is 3. The van der Waals surface area contributed by atoms with E-state index in [-0.39, 0.29) is 29.7 Å². The van der Waals surface area contributed by atoms with Gasteiger partial charge < -0.3 is 31.1 Å². The number of carbonyl (C=O) groups is 3. The van der Waals surface area contributed by atoms with Crippen molar-refractivity contribution in [1.82, 2.24) is 0 Å². The van der Waals surface area contributed by atoms with Crippen molar-refractivity contribution < 1.29 is 34.8 Å². The van der Waals surface area contributed by atoms with Crippen LogP contribution in [-0.2, 0) is 20.8 Å². The number of phenols is 1. The number of hydrogen-bond donors (Lipinski definition) is 5. The number of primary amides is 1. The summed E-state index contributed by atoms with van der Waals surface area (Å²) >= 11 is 0. The van der Waals surface area contributed by atoms with E-state index in [9.17, 15) is 34.8 Å². The van der Waals surface area contributed by atoms with Gasteiger partial charge in [0.25, 0.3) is 5.91 Å². The molecule has 0 bridgehead atoms. The van der Waals surface area contributed by atoms with E-state index in [1.165, 1.54) is 0 Å². The van der Waals surface area contributed by atoms with Gasteiger partial charge in [-0.05, 0) is 49.7 Å². The Labute approximate surface area is 189 Å². The molecule has 3 aliphatic carbocycles. The fourth-order valence-corrected chi connectivity index (χ4v) is 5.98. The number of piperidine rings is 1. The van der Waals surface area contributed by atoms with Crippen molar-refractivity contribution in [2.75, 3.05) is 18.0 Å². The molecule has 2 fully saturated rings. The second-order valence-corrected chi connectivity index (χ2v) is 9.42. The van der Waals surface area contributed by atoms with Crippen LogP contribution in [0.1, 0.15) is 43.2 Å². The predicted molar refractivity (Wildman–Crippen MR) is 117 cm³/mol. The number of rotatable bonds is 2. The minimum atomic E-state index is -2.53. The summed E-state index contributed by atoms with van der Waals surface area (Å²) in [5, 5.41) is 44.1. The third kappa shape index (κ3) is 2.91. The van der Waals surface area contributed by atoms with E-state index in [0.717, 1.165) is 32.4 Å². The Morgan fingerprint density at radius 2 is 1.76 bits per heavy atom. The van der Waals surface area contributed by atoms with Gasteiger partial charge in [-0.1, -0.05) is 6.07 Å². The molecule has 4 aliphatic rings. The number of benzene rings is 1. The van der Waals surface area contributed by atoms with E-state index in [0.29, 0.717) is 17.7 Å². The van der Waals surface area contributed by atoms with Crippen LogP contribution in [0.5, 0.6) is 5.75 Å². The number of nitrogens with two attached hydrogens (primary N) is 1. The molecule has 1 amide bonds. The van der Waals surface area contributed by atoms with Gasteiger partial charge in [0.15, 0.2) is 11.4 Å². The van der Waals surface area contributed by atoms with Crippen molar-refractivity contribution in [3.8, 4) is 5.75 Å². The quantitative estimate of drug-likeness (QED) is 0.419. The van der Waals surface area contributed by atoms with Crippen molar-refractivity contribution in [3.63, 3.8) is 0 Å². The Morgan fingerprint density at radius 3 is 2.42 bits per heavy atom. The van der Waals surface area contributed by atoms with Crippen LogP contribution >= 0.6 is 0 Å². The molecule has 1 aliphatic heterocycles. The Balaban J connectivity index is 1.64. The van der Waals surface area contributed by atoms with E-state index in [1.54, 1.807) is 0 Å². The predicted octanol–water partition coefficient (Wildman–Crippen LogP) is 1.41. The molecule has 33 heavy (non-hydrogen) atoms. The molecule has 174 valence electrons. The van der Waals surface area contributed by atoms with Crippen molar-refractivity contribution in [2.45, 2.75) is 44.1 Å². The van der Waals surface area contributed by atoms with Crippen molar-refractivity contribution in [2.24, 2.45) is 17.6 Å². The second kappa shape index (κ2) is 7.34. The highest BCUT2D eigenvalue weighted by atomic mass is 16.3. The van der Waals surface area contributed by atoms with Crippen LogP contribution in [0.3, 0.4) is 0 Å². The summed E-state index contributed by atoms with van der Waals surface area (Å²) in [6.45, 7) is 1.55. The zero-order chi connectivity index (χ0) is 23.7. The zero-order valence-electron chi connectivity index (χ0n) is 18.0. The van der Waals surface area contributed by atoms with Crippen LogP contribution in [0, 0.1) is 11.8 Å². The minimum Gasteiger partial charge on any atom is -0.508 e. The molecule has 1 saturated heterocycles. The lowest BCUT2D eigenvalue weighted by Gasteiger charge is -2.46. The third-order valence-corrected chi connectivity index (χ3v) is 7.61. The topological polar surface area (TPSA) is 161 Å². The third-order valence-electron chi connectivity index (χ3n) is 7.61. The molecule has 1 aromatic rings. The van der Waals surface area contributed by atoms with Crippen LogP contribution in [0.2, 0.25) is 0 Å². The molecule has 1 heterocycles. The number of ketones is 2. The lowest BCUT2D eigenvalue weighted by atomic mass is 9.59. The van der Waals surface area contributed by atoms with Gasteiger partial charge in [-0.15, -0.1) is 0 Å². The lowest BCUT2D eigenvalue weighted by molar-refractivity contribution is -0.147. The fraction of sp³-hybridized carbons (Fsp3) is 0.458. The molecule has 6 N–H and O–H groups in total. The maximum atomic E-state index is 13.5. The molecule has 1 saturated carbocycles. The Bertz CT molecular complexity index is 1160. The Kier molecular flexibility index (Phi) is 4.79. The van der Waals surface area contributed by atoms with Gasteiger partial charge in [0.1, 0.15) is 22.8 Å². The monoisotopic (exact) mass is 454 g/mol. The summed E-state index contributed by atoms with van der Waals surface area (Å²) < 4.78 is 0. The van der Waals surface area contributed by atoms with Crippen molar-refractivity contribution >= 4 is 28.9 Å². The number of nitrogens with zero attached hydrogens (tertiary/aromatic N) is 1. The van der Waals surface area contributed by atoms with Gasteiger partial charge in [0.2, 0.25) is 5.78 Å². The van der Waals surface area contributed by atoms with Gasteiger partial charge in [0, 0.05) is 31.0 Å². The second-order valence-electron chi connectivity index (χ2n) is 9.42. The number of fused-ring (bicyclic) bond motifs is 3.